The van der Waals surface area contributed by atoms with Crippen molar-refractivity contribution in [2.45, 2.75) is 65.3 Å². The molecule has 0 saturated heterocycles. The van der Waals surface area contributed by atoms with Crippen molar-refractivity contribution in [2.75, 3.05) is 6.54 Å². The van der Waals surface area contributed by atoms with E-state index in [0.29, 0.717) is 6.04 Å². The first-order valence-electron chi connectivity index (χ1n) is 8.19. The summed E-state index contributed by atoms with van der Waals surface area (Å²) in [5.74, 6) is 0.757. The van der Waals surface area contributed by atoms with Gasteiger partial charge in [-0.3, -0.25) is 0 Å². The normalized spacial score (nSPS) is 12.8. The van der Waals surface area contributed by atoms with Crippen LogP contribution in [0.3, 0.4) is 0 Å². The van der Waals surface area contributed by atoms with Crippen LogP contribution in [0.15, 0.2) is 24.3 Å². The molecule has 1 aromatic carbocycles. The van der Waals surface area contributed by atoms with Crippen molar-refractivity contribution in [3.8, 4) is 0 Å². The minimum atomic E-state index is 0.551. The summed E-state index contributed by atoms with van der Waals surface area (Å²) in [6.07, 6.45) is 7.36. The second kappa shape index (κ2) is 10.2. The Morgan fingerprint density at radius 2 is 1.65 bits per heavy atom. The van der Waals surface area contributed by atoms with Gasteiger partial charge in [-0.25, -0.2) is 0 Å². The summed E-state index contributed by atoms with van der Waals surface area (Å²) in [5, 5.41) is 4.66. The molecule has 0 spiro atoms. The average Bonchev–Trinajstić information content (AvgIpc) is 2.45. The first-order valence-corrected chi connectivity index (χ1v) is 8.57. The zero-order chi connectivity index (χ0) is 14.8. The predicted molar refractivity (Wildman–Crippen MR) is 90.5 cm³/mol. The maximum atomic E-state index is 6.33. The largest absolute Gasteiger partial charge is 0.313 e. The maximum Gasteiger partial charge on any atom is 0.0438 e. The molecule has 20 heavy (non-hydrogen) atoms. The lowest BCUT2D eigenvalue weighted by Crippen LogP contribution is -2.38. The van der Waals surface area contributed by atoms with E-state index in [1.54, 1.807) is 0 Å². The molecule has 0 saturated carbocycles. The van der Waals surface area contributed by atoms with E-state index in [4.69, 9.17) is 11.6 Å². The summed E-state index contributed by atoms with van der Waals surface area (Å²) in [5.41, 5.74) is 1.28. The Morgan fingerprint density at radius 3 is 2.20 bits per heavy atom. The molecular weight excluding hydrogens is 266 g/mol. The van der Waals surface area contributed by atoms with Crippen molar-refractivity contribution in [3.05, 3.63) is 34.9 Å². The molecule has 1 aromatic rings. The minimum absolute atomic E-state index is 0.551. The third kappa shape index (κ3) is 5.85. The van der Waals surface area contributed by atoms with E-state index in [0.717, 1.165) is 23.9 Å². The topological polar surface area (TPSA) is 12.0 Å². The molecule has 1 unspecified atom stereocenters. The highest BCUT2D eigenvalue weighted by Crippen LogP contribution is 2.24. The van der Waals surface area contributed by atoms with Crippen LogP contribution in [-0.2, 0) is 6.42 Å². The van der Waals surface area contributed by atoms with Crippen molar-refractivity contribution in [1.82, 2.24) is 5.32 Å². The van der Waals surface area contributed by atoms with Gasteiger partial charge in [0.05, 0.1) is 0 Å². The molecule has 0 aliphatic heterocycles. The van der Waals surface area contributed by atoms with E-state index < -0.39 is 0 Å². The van der Waals surface area contributed by atoms with Crippen LogP contribution in [-0.4, -0.2) is 12.6 Å². The highest BCUT2D eigenvalue weighted by molar-refractivity contribution is 6.31. The molecule has 0 aromatic heterocycles. The van der Waals surface area contributed by atoms with E-state index in [-0.39, 0.29) is 0 Å². The second-order valence-electron chi connectivity index (χ2n) is 5.69. The van der Waals surface area contributed by atoms with Gasteiger partial charge < -0.3 is 5.32 Å². The lowest BCUT2D eigenvalue weighted by Gasteiger charge is -2.28. The Kier molecular flexibility index (Phi) is 8.97. The Bertz CT molecular complexity index is 358. The van der Waals surface area contributed by atoms with Crippen LogP contribution in [0.2, 0.25) is 5.02 Å². The van der Waals surface area contributed by atoms with Gasteiger partial charge in [-0.2, -0.15) is 0 Å². The van der Waals surface area contributed by atoms with Gasteiger partial charge in [0, 0.05) is 11.1 Å². The van der Waals surface area contributed by atoms with Crippen LogP contribution >= 0.6 is 11.6 Å². The first-order chi connectivity index (χ1) is 9.72. The lowest BCUT2D eigenvalue weighted by atomic mass is 9.86. The molecule has 1 rings (SSSR count). The summed E-state index contributed by atoms with van der Waals surface area (Å²) in [6, 6.07) is 8.82. The van der Waals surface area contributed by atoms with E-state index >= 15 is 0 Å². The van der Waals surface area contributed by atoms with Gasteiger partial charge in [-0.05, 0) is 49.8 Å². The summed E-state index contributed by atoms with van der Waals surface area (Å²) < 4.78 is 0. The maximum absolute atomic E-state index is 6.33. The molecule has 0 amide bonds. The molecule has 1 N–H and O–H groups in total. The number of hydrogen-bond donors (Lipinski definition) is 1. The van der Waals surface area contributed by atoms with Gasteiger partial charge in [0.1, 0.15) is 0 Å². The van der Waals surface area contributed by atoms with E-state index in [2.05, 4.69) is 38.2 Å². The Labute approximate surface area is 130 Å². The van der Waals surface area contributed by atoms with Crippen molar-refractivity contribution < 1.29 is 0 Å². The van der Waals surface area contributed by atoms with Crippen molar-refractivity contribution in [3.63, 3.8) is 0 Å². The van der Waals surface area contributed by atoms with Gasteiger partial charge in [-0.1, -0.05) is 63.4 Å². The highest BCUT2D eigenvalue weighted by Gasteiger charge is 2.20. The monoisotopic (exact) mass is 295 g/mol. The molecule has 0 heterocycles. The Balaban J connectivity index is 2.78. The fourth-order valence-corrected chi connectivity index (χ4v) is 3.14. The fraction of sp³-hybridized carbons (Fsp3) is 0.667. The molecular formula is C18H30ClN. The third-order valence-electron chi connectivity index (χ3n) is 3.94. The van der Waals surface area contributed by atoms with Crippen molar-refractivity contribution in [2.24, 2.45) is 5.92 Å². The zero-order valence-corrected chi connectivity index (χ0v) is 14.0. The number of halogens is 1. The SMILES string of the molecule is CCCNC(Cc1ccccc1Cl)C(CCC)CCC. The van der Waals surface area contributed by atoms with Gasteiger partial charge in [0.2, 0.25) is 0 Å². The lowest BCUT2D eigenvalue weighted by molar-refractivity contribution is 0.309. The number of benzene rings is 1. The van der Waals surface area contributed by atoms with Crippen molar-refractivity contribution in [1.29, 1.82) is 0 Å². The Hall–Kier alpha value is -0.530. The molecule has 114 valence electrons. The third-order valence-corrected chi connectivity index (χ3v) is 4.31. The van der Waals surface area contributed by atoms with Gasteiger partial charge in [0.15, 0.2) is 0 Å². The molecule has 0 fully saturated rings. The fourth-order valence-electron chi connectivity index (χ4n) is 2.92. The van der Waals surface area contributed by atoms with Crippen LogP contribution < -0.4 is 5.32 Å². The first kappa shape index (κ1) is 17.5. The standard InChI is InChI=1S/C18H30ClN/c1-4-9-15(10-5-2)18(20-13-6-3)14-16-11-7-8-12-17(16)19/h7-8,11-12,15,18,20H,4-6,9-10,13-14H2,1-3H3. The Morgan fingerprint density at radius 1 is 1.00 bits per heavy atom. The van der Waals surface area contributed by atoms with E-state index in [1.165, 1.54) is 37.7 Å². The molecule has 1 nitrogen and oxygen atoms in total. The van der Waals surface area contributed by atoms with Gasteiger partial charge in [-0.15, -0.1) is 0 Å². The van der Waals surface area contributed by atoms with E-state index in [1.807, 2.05) is 12.1 Å². The number of rotatable bonds is 10. The van der Waals surface area contributed by atoms with Crippen LogP contribution in [0.25, 0.3) is 0 Å². The molecule has 0 aliphatic rings. The van der Waals surface area contributed by atoms with Crippen LogP contribution in [0, 0.1) is 5.92 Å². The molecule has 0 aliphatic carbocycles. The number of hydrogen-bond acceptors (Lipinski definition) is 1. The van der Waals surface area contributed by atoms with Gasteiger partial charge >= 0.3 is 0 Å². The average molecular weight is 296 g/mol. The molecule has 2 heteroatoms. The highest BCUT2D eigenvalue weighted by atomic mass is 35.5. The molecule has 0 bridgehead atoms. The van der Waals surface area contributed by atoms with Crippen LogP contribution in [0.1, 0.15) is 58.4 Å². The molecule has 1 atom stereocenters. The molecule has 0 radical (unpaired) electrons. The summed E-state index contributed by atoms with van der Waals surface area (Å²) in [6.45, 7) is 7.90. The zero-order valence-electron chi connectivity index (χ0n) is 13.3. The van der Waals surface area contributed by atoms with Crippen LogP contribution in [0.5, 0.6) is 0 Å². The second-order valence-corrected chi connectivity index (χ2v) is 6.10. The summed E-state index contributed by atoms with van der Waals surface area (Å²) in [7, 11) is 0. The minimum Gasteiger partial charge on any atom is -0.313 e. The van der Waals surface area contributed by atoms with E-state index in [9.17, 15) is 0 Å². The smallest absolute Gasteiger partial charge is 0.0438 e. The van der Waals surface area contributed by atoms with Crippen molar-refractivity contribution >= 4 is 11.6 Å². The van der Waals surface area contributed by atoms with Crippen LogP contribution in [0.4, 0.5) is 0 Å². The summed E-state index contributed by atoms with van der Waals surface area (Å²) >= 11 is 6.33. The summed E-state index contributed by atoms with van der Waals surface area (Å²) in [4.78, 5) is 0. The predicted octanol–water partition coefficient (Wildman–Crippen LogP) is 5.47. The van der Waals surface area contributed by atoms with Gasteiger partial charge in [0.25, 0.3) is 0 Å². The number of nitrogens with one attached hydrogen (secondary N) is 1. The quantitative estimate of drug-likeness (QED) is 0.604.